The smallest absolute Gasteiger partial charge is 0.288 e. The van der Waals surface area contributed by atoms with Gasteiger partial charge in [0.05, 0.1) is 5.69 Å². The molecule has 2 rings (SSSR count). The summed E-state index contributed by atoms with van der Waals surface area (Å²) in [5.41, 5.74) is 1.20. The van der Waals surface area contributed by atoms with E-state index >= 15 is 0 Å². The van der Waals surface area contributed by atoms with Crippen LogP contribution in [0.2, 0.25) is 0 Å². The van der Waals surface area contributed by atoms with Crippen LogP contribution >= 0.6 is 23.1 Å². The van der Waals surface area contributed by atoms with E-state index < -0.39 is 5.24 Å². The van der Waals surface area contributed by atoms with Gasteiger partial charge in [0.1, 0.15) is 5.76 Å². The Bertz CT molecular complexity index is 609. The Morgan fingerprint density at radius 2 is 2.16 bits per heavy atom. The van der Waals surface area contributed by atoms with Crippen LogP contribution in [-0.2, 0) is 5.41 Å². The molecule has 0 radical (unpaired) electrons. The number of carbonyl (C=O) groups excluding carboxylic acids is 1. The Morgan fingerprint density at radius 3 is 2.68 bits per heavy atom. The molecule has 0 amide bonds. The van der Waals surface area contributed by atoms with Crippen LogP contribution in [0.4, 0.5) is 0 Å². The second-order valence-electron chi connectivity index (χ2n) is 5.08. The zero-order valence-electron chi connectivity index (χ0n) is 10.8. The van der Waals surface area contributed by atoms with Crippen molar-refractivity contribution in [1.82, 2.24) is 9.59 Å². The third-order valence-corrected chi connectivity index (χ3v) is 3.18. The minimum Gasteiger partial charge on any atom is -0.455 e. The van der Waals surface area contributed by atoms with Crippen molar-refractivity contribution < 1.29 is 9.21 Å². The molecular weight excluding hydrogens is 284 g/mol. The van der Waals surface area contributed by atoms with E-state index in [2.05, 4.69) is 9.59 Å². The monoisotopic (exact) mass is 296 g/mol. The van der Waals surface area contributed by atoms with Gasteiger partial charge in [0, 0.05) is 16.4 Å². The van der Waals surface area contributed by atoms with Gasteiger partial charge in [-0.2, -0.15) is 0 Å². The second kappa shape index (κ2) is 5.27. The van der Waals surface area contributed by atoms with Gasteiger partial charge in [-0.3, -0.25) is 4.79 Å². The van der Waals surface area contributed by atoms with E-state index in [0.717, 1.165) is 5.69 Å². The fraction of sp³-hybridized carbons (Fsp3) is 0.308. The molecule has 0 saturated heterocycles. The topological polar surface area (TPSA) is 56.0 Å². The van der Waals surface area contributed by atoms with Crippen molar-refractivity contribution in [3.05, 3.63) is 34.2 Å². The molecule has 6 heteroatoms. The van der Waals surface area contributed by atoms with Gasteiger partial charge in [-0.05, 0) is 41.4 Å². The van der Waals surface area contributed by atoms with E-state index in [1.165, 1.54) is 11.5 Å². The largest absolute Gasteiger partial charge is 0.455 e. The predicted molar refractivity (Wildman–Crippen MR) is 76.4 cm³/mol. The molecule has 0 N–H and O–H groups in total. The molecule has 0 saturated carbocycles. The van der Waals surface area contributed by atoms with Crippen LogP contribution in [0.25, 0.3) is 12.2 Å². The van der Waals surface area contributed by atoms with Crippen molar-refractivity contribution in [3.8, 4) is 0 Å². The molecule has 0 atom stereocenters. The standard InChI is InChI=1S/C13H13ClN2O2S/c1-13(2,3)10-6-8(11(18-10)12(14)17)4-5-9-7-19-16-15-9/h4-7H,1-3H3/b5-4+. The lowest BCUT2D eigenvalue weighted by Crippen LogP contribution is -2.09. The fourth-order valence-electron chi connectivity index (χ4n) is 1.47. The molecule has 0 bridgehead atoms. The molecule has 19 heavy (non-hydrogen) atoms. The maximum absolute atomic E-state index is 11.4. The number of carbonyl (C=O) groups is 1. The number of nitrogens with zero attached hydrogens (tertiary/aromatic N) is 2. The third-order valence-electron chi connectivity index (χ3n) is 2.49. The first-order valence-corrected chi connectivity index (χ1v) is 6.88. The van der Waals surface area contributed by atoms with Gasteiger partial charge in [-0.25, -0.2) is 0 Å². The van der Waals surface area contributed by atoms with Crippen molar-refractivity contribution in [2.45, 2.75) is 26.2 Å². The molecule has 2 aromatic heterocycles. The number of rotatable bonds is 3. The summed E-state index contributed by atoms with van der Waals surface area (Å²) in [6, 6.07) is 1.83. The zero-order valence-corrected chi connectivity index (χ0v) is 12.4. The maximum atomic E-state index is 11.4. The molecule has 0 aliphatic heterocycles. The average Bonchev–Trinajstić information content (AvgIpc) is 2.94. The summed E-state index contributed by atoms with van der Waals surface area (Å²) in [7, 11) is 0. The minimum absolute atomic E-state index is 0.158. The van der Waals surface area contributed by atoms with Gasteiger partial charge >= 0.3 is 0 Å². The molecule has 2 heterocycles. The lowest BCUT2D eigenvalue weighted by atomic mass is 9.93. The fourth-order valence-corrected chi connectivity index (χ4v) is 2.04. The number of furan rings is 1. The first kappa shape index (κ1) is 14.0. The van der Waals surface area contributed by atoms with Crippen LogP contribution in [-0.4, -0.2) is 14.8 Å². The van der Waals surface area contributed by atoms with Gasteiger partial charge < -0.3 is 4.42 Å². The van der Waals surface area contributed by atoms with E-state index in [1.54, 1.807) is 12.2 Å². The van der Waals surface area contributed by atoms with Crippen LogP contribution in [0, 0.1) is 0 Å². The van der Waals surface area contributed by atoms with Gasteiger partial charge in [0.25, 0.3) is 5.24 Å². The maximum Gasteiger partial charge on any atom is 0.288 e. The highest BCUT2D eigenvalue weighted by molar-refractivity contribution is 7.03. The highest BCUT2D eigenvalue weighted by Gasteiger charge is 2.23. The van der Waals surface area contributed by atoms with Crippen LogP contribution < -0.4 is 0 Å². The number of hydrogen-bond acceptors (Lipinski definition) is 5. The Labute approximate surface area is 120 Å². The highest BCUT2D eigenvalue weighted by atomic mass is 35.5. The van der Waals surface area contributed by atoms with Gasteiger partial charge in [-0.1, -0.05) is 25.3 Å². The van der Waals surface area contributed by atoms with E-state index in [9.17, 15) is 4.79 Å². The average molecular weight is 297 g/mol. The van der Waals surface area contributed by atoms with Gasteiger partial charge in [0.2, 0.25) is 0 Å². The molecule has 0 aromatic carbocycles. The summed E-state index contributed by atoms with van der Waals surface area (Å²) in [4.78, 5) is 11.4. The Balaban J connectivity index is 2.38. The molecule has 100 valence electrons. The van der Waals surface area contributed by atoms with Crippen molar-refractivity contribution in [2.75, 3.05) is 0 Å². The van der Waals surface area contributed by atoms with Crippen LogP contribution in [0.5, 0.6) is 0 Å². The number of hydrogen-bond donors (Lipinski definition) is 0. The summed E-state index contributed by atoms with van der Waals surface area (Å²) < 4.78 is 9.30. The van der Waals surface area contributed by atoms with Gasteiger partial charge in [-0.15, -0.1) is 5.10 Å². The molecular formula is C13H13ClN2O2S. The molecule has 0 unspecified atom stereocenters. The summed E-state index contributed by atoms with van der Waals surface area (Å²) in [5.74, 6) is 0.874. The van der Waals surface area contributed by atoms with Crippen molar-refractivity contribution in [2.24, 2.45) is 0 Å². The molecule has 0 spiro atoms. The molecule has 2 aromatic rings. The van der Waals surface area contributed by atoms with Crippen LogP contribution in [0.15, 0.2) is 15.9 Å². The Hall–Kier alpha value is -1.46. The predicted octanol–water partition coefficient (Wildman–Crippen LogP) is 3.98. The third kappa shape index (κ3) is 3.30. The van der Waals surface area contributed by atoms with E-state index in [-0.39, 0.29) is 11.2 Å². The van der Waals surface area contributed by atoms with Crippen LogP contribution in [0.1, 0.15) is 48.3 Å². The van der Waals surface area contributed by atoms with Crippen molar-refractivity contribution in [1.29, 1.82) is 0 Å². The first-order valence-electron chi connectivity index (χ1n) is 5.67. The molecule has 4 nitrogen and oxygen atoms in total. The van der Waals surface area contributed by atoms with Crippen molar-refractivity contribution >= 4 is 40.5 Å². The summed E-state index contributed by atoms with van der Waals surface area (Å²) >= 11 is 6.81. The molecule has 0 fully saturated rings. The zero-order chi connectivity index (χ0) is 14.0. The van der Waals surface area contributed by atoms with E-state index in [0.29, 0.717) is 11.3 Å². The van der Waals surface area contributed by atoms with Gasteiger partial charge in [0.15, 0.2) is 5.76 Å². The van der Waals surface area contributed by atoms with Crippen LogP contribution in [0.3, 0.4) is 0 Å². The normalized spacial score (nSPS) is 12.2. The lowest BCUT2D eigenvalue weighted by molar-refractivity contribution is 0.105. The number of aromatic nitrogens is 2. The SMILES string of the molecule is CC(C)(C)c1cc(/C=C/c2csnn2)c(C(=O)Cl)o1. The second-order valence-corrected chi connectivity index (χ2v) is 6.04. The summed E-state index contributed by atoms with van der Waals surface area (Å²) in [6.07, 6.45) is 3.52. The van der Waals surface area contributed by atoms with E-state index in [1.807, 2.05) is 32.2 Å². The Kier molecular flexibility index (Phi) is 3.87. The van der Waals surface area contributed by atoms with E-state index in [4.69, 9.17) is 16.0 Å². The summed E-state index contributed by atoms with van der Waals surface area (Å²) in [5, 5.41) is 5.10. The van der Waals surface area contributed by atoms with Crippen molar-refractivity contribution in [3.63, 3.8) is 0 Å². The lowest BCUT2D eigenvalue weighted by Gasteiger charge is -2.13. The Morgan fingerprint density at radius 1 is 1.42 bits per heavy atom. The number of halogens is 1. The first-order chi connectivity index (χ1) is 8.88. The minimum atomic E-state index is -0.605. The molecule has 0 aliphatic rings. The highest BCUT2D eigenvalue weighted by Crippen LogP contribution is 2.29. The molecule has 0 aliphatic carbocycles. The summed E-state index contributed by atoms with van der Waals surface area (Å²) in [6.45, 7) is 6.02. The quantitative estimate of drug-likeness (QED) is 0.804.